The fraction of sp³-hybridized carbons (Fsp3) is 0.250. The largest absolute Gasteiger partial charge is 0.496 e. The van der Waals surface area contributed by atoms with Gasteiger partial charge in [0.1, 0.15) is 5.75 Å². The van der Waals surface area contributed by atoms with Crippen molar-refractivity contribution in [1.29, 1.82) is 0 Å². The molecule has 1 nitrogen and oxygen atoms in total. The van der Waals surface area contributed by atoms with E-state index in [0.717, 1.165) is 22.0 Å². The summed E-state index contributed by atoms with van der Waals surface area (Å²) in [7, 11) is 1.72. The summed E-state index contributed by atoms with van der Waals surface area (Å²) in [5.41, 5.74) is 6.14. The summed E-state index contributed by atoms with van der Waals surface area (Å²) in [6.45, 7) is 2.14. The van der Waals surface area contributed by atoms with Crippen molar-refractivity contribution >= 4 is 31.9 Å². The molecule has 0 amide bonds. The van der Waals surface area contributed by atoms with Gasteiger partial charge < -0.3 is 4.74 Å². The molecule has 100 valence electrons. The lowest BCUT2D eigenvalue weighted by Crippen LogP contribution is -1.92. The van der Waals surface area contributed by atoms with Crippen molar-refractivity contribution in [2.24, 2.45) is 0 Å². The third-order valence-electron chi connectivity index (χ3n) is 3.16. The minimum Gasteiger partial charge on any atom is -0.496 e. The van der Waals surface area contributed by atoms with Crippen molar-refractivity contribution < 1.29 is 4.74 Å². The first-order valence-electron chi connectivity index (χ1n) is 6.08. The maximum Gasteiger partial charge on any atom is 0.126 e. The molecular weight excluding hydrogens is 368 g/mol. The summed E-state index contributed by atoms with van der Waals surface area (Å²) in [6.07, 6.45) is 0. The number of hydrogen-bond donors (Lipinski definition) is 0. The monoisotopic (exact) mass is 382 g/mol. The Balaban J connectivity index is 2.52. The standard InChI is InChI=1S/C16H16Br2O/c1-11-7-12(9-17)3-5-14(11)15-6-4-13(10-18)8-16(15)19-2/h3-8H,9-10H2,1-2H3. The van der Waals surface area contributed by atoms with Crippen LogP contribution in [-0.4, -0.2) is 7.11 Å². The van der Waals surface area contributed by atoms with Crippen LogP contribution < -0.4 is 4.74 Å². The fourth-order valence-corrected chi connectivity index (χ4v) is 2.85. The van der Waals surface area contributed by atoms with Crippen LogP contribution in [0.4, 0.5) is 0 Å². The van der Waals surface area contributed by atoms with E-state index in [1.165, 1.54) is 22.3 Å². The zero-order chi connectivity index (χ0) is 13.8. The highest BCUT2D eigenvalue weighted by Gasteiger charge is 2.09. The zero-order valence-corrected chi connectivity index (χ0v) is 14.2. The van der Waals surface area contributed by atoms with Gasteiger partial charge in [-0.25, -0.2) is 0 Å². The van der Waals surface area contributed by atoms with Crippen molar-refractivity contribution in [1.82, 2.24) is 0 Å². The Kier molecular flexibility index (Phi) is 5.06. The molecule has 0 saturated heterocycles. The van der Waals surface area contributed by atoms with Gasteiger partial charge >= 0.3 is 0 Å². The van der Waals surface area contributed by atoms with E-state index in [2.05, 4.69) is 75.2 Å². The molecule has 0 bridgehead atoms. The van der Waals surface area contributed by atoms with E-state index in [9.17, 15) is 0 Å². The quantitative estimate of drug-likeness (QED) is 0.637. The van der Waals surface area contributed by atoms with Gasteiger partial charge in [-0.2, -0.15) is 0 Å². The SMILES string of the molecule is COc1cc(CBr)ccc1-c1ccc(CBr)cc1C. The van der Waals surface area contributed by atoms with Gasteiger partial charge in [-0.3, -0.25) is 0 Å². The molecule has 0 N–H and O–H groups in total. The summed E-state index contributed by atoms with van der Waals surface area (Å²) >= 11 is 6.96. The molecule has 0 aliphatic rings. The Morgan fingerprint density at radius 1 is 0.895 bits per heavy atom. The molecule has 3 heteroatoms. The lowest BCUT2D eigenvalue weighted by atomic mass is 9.97. The minimum absolute atomic E-state index is 0.838. The van der Waals surface area contributed by atoms with E-state index in [0.29, 0.717) is 0 Å². The Morgan fingerprint density at radius 3 is 2.00 bits per heavy atom. The molecular formula is C16H16Br2O. The summed E-state index contributed by atoms with van der Waals surface area (Å²) < 4.78 is 5.52. The Morgan fingerprint density at radius 2 is 1.47 bits per heavy atom. The predicted octanol–water partition coefficient (Wildman–Crippen LogP) is 5.46. The fourth-order valence-electron chi connectivity index (χ4n) is 2.15. The molecule has 0 fully saturated rings. The molecule has 2 aromatic carbocycles. The lowest BCUT2D eigenvalue weighted by molar-refractivity contribution is 0.416. The first-order chi connectivity index (χ1) is 9.19. The van der Waals surface area contributed by atoms with Crippen LogP contribution in [0.1, 0.15) is 16.7 Å². The van der Waals surface area contributed by atoms with Crippen LogP contribution in [0.2, 0.25) is 0 Å². The molecule has 2 aromatic rings. The molecule has 0 spiro atoms. The zero-order valence-electron chi connectivity index (χ0n) is 11.0. The highest BCUT2D eigenvalue weighted by atomic mass is 79.9. The second-order valence-electron chi connectivity index (χ2n) is 4.45. The number of methoxy groups -OCH3 is 1. The van der Waals surface area contributed by atoms with Gasteiger partial charge in [0.15, 0.2) is 0 Å². The summed E-state index contributed by atoms with van der Waals surface area (Å²) in [5.74, 6) is 0.923. The summed E-state index contributed by atoms with van der Waals surface area (Å²) in [5, 5.41) is 1.72. The van der Waals surface area contributed by atoms with E-state index in [1.54, 1.807) is 7.11 Å². The van der Waals surface area contributed by atoms with Crippen LogP contribution in [0.5, 0.6) is 5.75 Å². The maximum absolute atomic E-state index is 5.52. The minimum atomic E-state index is 0.838. The molecule has 2 rings (SSSR count). The number of rotatable bonds is 4. The first-order valence-corrected chi connectivity index (χ1v) is 8.32. The molecule has 0 saturated carbocycles. The Labute approximate surface area is 131 Å². The maximum atomic E-state index is 5.52. The number of hydrogen-bond acceptors (Lipinski definition) is 1. The van der Waals surface area contributed by atoms with Gasteiger partial charge in [-0.1, -0.05) is 62.2 Å². The topological polar surface area (TPSA) is 9.23 Å². The van der Waals surface area contributed by atoms with E-state index in [-0.39, 0.29) is 0 Å². The average Bonchev–Trinajstić information content (AvgIpc) is 2.46. The van der Waals surface area contributed by atoms with E-state index >= 15 is 0 Å². The molecule has 0 aliphatic heterocycles. The van der Waals surface area contributed by atoms with E-state index < -0.39 is 0 Å². The van der Waals surface area contributed by atoms with Crippen LogP contribution in [-0.2, 0) is 10.7 Å². The van der Waals surface area contributed by atoms with Crippen molar-refractivity contribution in [3.05, 3.63) is 53.1 Å². The number of alkyl halides is 2. The molecule has 19 heavy (non-hydrogen) atoms. The lowest BCUT2D eigenvalue weighted by Gasteiger charge is -2.13. The average molecular weight is 384 g/mol. The molecule has 0 aliphatic carbocycles. The molecule has 0 heterocycles. The van der Waals surface area contributed by atoms with Gasteiger partial charge in [0, 0.05) is 16.2 Å². The van der Waals surface area contributed by atoms with Crippen LogP contribution >= 0.6 is 31.9 Å². The third-order valence-corrected chi connectivity index (χ3v) is 4.45. The van der Waals surface area contributed by atoms with Gasteiger partial charge in [0.2, 0.25) is 0 Å². The van der Waals surface area contributed by atoms with Gasteiger partial charge in [0.25, 0.3) is 0 Å². The van der Waals surface area contributed by atoms with Crippen molar-refractivity contribution in [2.45, 2.75) is 17.6 Å². The number of halogens is 2. The van der Waals surface area contributed by atoms with Crippen LogP contribution in [0.25, 0.3) is 11.1 Å². The van der Waals surface area contributed by atoms with Crippen LogP contribution in [0.3, 0.4) is 0 Å². The first kappa shape index (κ1) is 14.6. The highest BCUT2D eigenvalue weighted by Crippen LogP contribution is 2.34. The molecule has 0 unspecified atom stereocenters. The Bertz CT molecular complexity index is 579. The second kappa shape index (κ2) is 6.58. The summed E-state index contributed by atoms with van der Waals surface area (Å²) in [4.78, 5) is 0. The number of ether oxygens (including phenoxy) is 1. The predicted molar refractivity (Wildman–Crippen MR) is 88.4 cm³/mol. The highest BCUT2D eigenvalue weighted by molar-refractivity contribution is 9.08. The third kappa shape index (κ3) is 3.21. The summed E-state index contributed by atoms with van der Waals surface area (Å²) in [6, 6.07) is 12.9. The van der Waals surface area contributed by atoms with Crippen molar-refractivity contribution in [2.75, 3.05) is 7.11 Å². The smallest absolute Gasteiger partial charge is 0.126 e. The van der Waals surface area contributed by atoms with E-state index in [4.69, 9.17) is 4.74 Å². The van der Waals surface area contributed by atoms with E-state index in [1.807, 2.05) is 0 Å². The molecule has 0 radical (unpaired) electrons. The Hall–Kier alpha value is -0.800. The molecule has 0 atom stereocenters. The van der Waals surface area contributed by atoms with Crippen LogP contribution in [0.15, 0.2) is 36.4 Å². The normalized spacial score (nSPS) is 10.5. The second-order valence-corrected chi connectivity index (χ2v) is 5.57. The van der Waals surface area contributed by atoms with Crippen LogP contribution in [0, 0.1) is 6.92 Å². The van der Waals surface area contributed by atoms with Crippen molar-refractivity contribution in [3.8, 4) is 16.9 Å². The number of benzene rings is 2. The van der Waals surface area contributed by atoms with Gasteiger partial charge in [0.05, 0.1) is 7.11 Å². The van der Waals surface area contributed by atoms with Crippen molar-refractivity contribution in [3.63, 3.8) is 0 Å². The van der Waals surface area contributed by atoms with Gasteiger partial charge in [-0.15, -0.1) is 0 Å². The van der Waals surface area contributed by atoms with Gasteiger partial charge in [-0.05, 0) is 35.2 Å². The molecule has 0 aromatic heterocycles. The number of aryl methyl sites for hydroxylation is 1.